The molecule has 0 radical (unpaired) electrons. The summed E-state index contributed by atoms with van der Waals surface area (Å²) in [5.41, 5.74) is 11.0. The van der Waals surface area contributed by atoms with Crippen LogP contribution in [0.3, 0.4) is 0 Å². The van der Waals surface area contributed by atoms with E-state index in [1.165, 1.54) is 22.3 Å². The Balaban J connectivity index is 1.42. The molecule has 2 aromatic heterocycles. The van der Waals surface area contributed by atoms with Gasteiger partial charge in [0.25, 0.3) is 0 Å². The fourth-order valence-corrected chi connectivity index (χ4v) is 6.87. The van der Waals surface area contributed by atoms with E-state index in [0.29, 0.717) is 13.1 Å². The molecule has 44 heavy (non-hydrogen) atoms. The lowest BCUT2D eigenvalue weighted by molar-refractivity contribution is -0.122. The van der Waals surface area contributed by atoms with Gasteiger partial charge in [0.15, 0.2) is 0 Å². The number of carbonyl (C=O) groups is 1. The van der Waals surface area contributed by atoms with E-state index in [9.17, 15) is 9.90 Å². The van der Waals surface area contributed by atoms with Gasteiger partial charge in [-0.2, -0.15) is 0 Å². The molecule has 2 aromatic carbocycles. The molecule has 0 bridgehead atoms. The molecule has 5 rings (SSSR count). The SMILES string of the molecule is CC[C@H](C(=O)NCc1ccc(CN2[C@@H](c3ncc(C)cc3C)CCC[C@H]2c2ncc(C)cc2C)c(CO)c1)c1ccccc1. The molecule has 1 amide bonds. The van der Waals surface area contributed by atoms with Gasteiger partial charge in [-0.05, 0) is 97.9 Å². The highest BCUT2D eigenvalue weighted by Gasteiger charge is 2.36. The van der Waals surface area contributed by atoms with E-state index in [4.69, 9.17) is 9.97 Å². The van der Waals surface area contributed by atoms with Crippen LogP contribution in [0.2, 0.25) is 0 Å². The van der Waals surface area contributed by atoms with E-state index >= 15 is 0 Å². The molecule has 3 atom stereocenters. The number of aliphatic hydroxyl groups is 1. The number of amides is 1. The predicted octanol–water partition coefficient (Wildman–Crippen LogP) is 7.48. The molecular weight excluding hydrogens is 544 g/mol. The lowest BCUT2D eigenvalue weighted by Crippen LogP contribution is -2.37. The van der Waals surface area contributed by atoms with Crippen LogP contribution in [0, 0.1) is 27.7 Å². The Hall–Kier alpha value is -3.87. The van der Waals surface area contributed by atoms with Crippen LogP contribution in [0.4, 0.5) is 0 Å². The quantitative estimate of drug-likeness (QED) is 0.200. The second-order valence-corrected chi connectivity index (χ2v) is 12.4. The van der Waals surface area contributed by atoms with Gasteiger partial charge in [0.2, 0.25) is 5.91 Å². The fourth-order valence-electron chi connectivity index (χ4n) is 6.87. The van der Waals surface area contributed by atoms with Crippen LogP contribution in [0.25, 0.3) is 0 Å². The maximum atomic E-state index is 13.1. The zero-order chi connectivity index (χ0) is 31.2. The number of benzene rings is 2. The number of likely N-dealkylation sites (tertiary alicyclic amines) is 1. The van der Waals surface area contributed by atoms with Crippen LogP contribution in [-0.2, 0) is 24.5 Å². The number of pyridine rings is 2. The van der Waals surface area contributed by atoms with Crippen molar-refractivity contribution in [2.45, 2.75) is 98.0 Å². The van der Waals surface area contributed by atoms with Crippen LogP contribution >= 0.6 is 0 Å². The second kappa shape index (κ2) is 14.3. The summed E-state index contributed by atoms with van der Waals surface area (Å²) in [5, 5.41) is 13.6. The molecule has 1 fully saturated rings. The van der Waals surface area contributed by atoms with Gasteiger partial charge in [0.05, 0.1) is 36.0 Å². The van der Waals surface area contributed by atoms with Crippen molar-refractivity contribution in [1.82, 2.24) is 20.2 Å². The molecule has 2 N–H and O–H groups in total. The second-order valence-electron chi connectivity index (χ2n) is 12.4. The number of aromatic nitrogens is 2. The van der Waals surface area contributed by atoms with Crippen molar-refractivity contribution >= 4 is 5.91 Å². The number of piperidine rings is 1. The zero-order valence-corrected chi connectivity index (χ0v) is 26.8. The van der Waals surface area contributed by atoms with Crippen molar-refractivity contribution in [2.24, 2.45) is 0 Å². The number of carbonyl (C=O) groups excluding carboxylic acids is 1. The summed E-state index contributed by atoms with van der Waals surface area (Å²) in [5.74, 6) is -0.160. The smallest absolute Gasteiger partial charge is 0.227 e. The Morgan fingerprint density at radius 2 is 1.50 bits per heavy atom. The van der Waals surface area contributed by atoms with Gasteiger partial charge in [0, 0.05) is 25.5 Å². The standard InChI is InChI=1S/C38H46N4O2/c1-6-33(30-11-8-7-9-12-30)38(44)41-22-29-15-16-31(32(19-29)24-43)23-42-34(36-27(4)17-25(2)20-39-36)13-10-14-35(42)37-28(5)18-26(3)21-40-37/h7-9,11-12,15-21,33-35,43H,6,10,13-14,22-24H2,1-5H3,(H,41,44)/t33-,34-,35+/m0/s1. The summed E-state index contributed by atoms with van der Waals surface area (Å²) in [4.78, 5) is 25.5. The maximum absolute atomic E-state index is 13.1. The number of nitrogens with zero attached hydrogens (tertiary/aromatic N) is 3. The third kappa shape index (κ3) is 7.09. The number of aryl methyl sites for hydroxylation is 4. The Morgan fingerprint density at radius 3 is 2.05 bits per heavy atom. The van der Waals surface area contributed by atoms with Crippen LogP contribution in [0.1, 0.15) is 107 Å². The molecule has 0 spiro atoms. The van der Waals surface area contributed by atoms with Crippen molar-refractivity contribution in [3.05, 3.63) is 129 Å². The van der Waals surface area contributed by atoms with Crippen molar-refractivity contribution in [3.8, 4) is 0 Å². The molecule has 0 unspecified atom stereocenters. The highest BCUT2D eigenvalue weighted by molar-refractivity contribution is 5.83. The highest BCUT2D eigenvalue weighted by Crippen LogP contribution is 2.43. The van der Waals surface area contributed by atoms with Gasteiger partial charge in [-0.3, -0.25) is 19.7 Å². The monoisotopic (exact) mass is 590 g/mol. The molecule has 1 aliphatic heterocycles. The Kier molecular flexibility index (Phi) is 10.2. The van der Waals surface area contributed by atoms with Gasteiger partial charge in [-0.1, -0.05) is 67.6 Å². The van der Waals surface area contributed by atoms with E-state index in [1.807, 2.05) is 55.7 Å². The van der Waals surface area contributed by atoms with E-state index in [-0.39, 0.29) is 30.5 Å². The minimum absolute atomic E-state index is 0.0225. The number of aliphatic hydroxyl groups excluding tert-OH is 1. The highest BCUT2D eigenvalue weighted by atomic mass is 16.3. The summed E-state index contributed by atoms with van der Waals surface area (Å²) in [7, 11) is 0. The van der Waals surface area contributed by atoms with Gasteiger partial charge in [-0.25, -0.2) is 0 Å². The first kappa shape index (κ1) is 31.6. The van der Waals surface area contributed by atoms with E-state index < -0.39 is 0 Å². The molecule has 4 aromatic rings. The van der Waals surface area contributed by atoms with Gasteiger partial charge < -0.3 is 10.4 Å². The zero-order valence-electron chi connectivity index (χ0n) is 26.8. The average molecular weight is 591 g/mol. The first-order valence-corrected chi connectivity index (χ1v) is 15.9. The molecule has 0 aliphatic carbocycles. The Bertz CT molecular complexity index is 1530. The van der Waals surface area contributed by atoms with Crippen molar-refractivity contribution in [2.75, 3.05) is 0 Å². The van der Waals surface area contributed by atoms with E-state index in [1.54, 1.807) is 0 Å². The first-order chi connectivity index (χ1) is 21.3. The van der Waals surface area contributed by atoms with Crippen LogP contribution in [0.15, 0.2) is 73.1 Å². The summed E-state index contributed by atoms with van der Waals surface area (Å²) in [6.07, 6.45) is 7.83. The van der Waals surface area contributed by atoms with Crippen LogP contribution in [-0.4, -0.2) is 25.9 Å². The lowest BCUT2D eigenvalue weighted by Gasteiger charge is -2.43. The van der Waals surface area contributed by atoms with Crippen molar-refractivity contribution in [3.63, 3.8) is 0 Å². The minimum Gasteiger partial charge on any atom is -0.392 e. The number of nitrogens with one attached hydrogen (secondary N) is 1. The minimum atomic E-state index is -0.182. The summed E-state index contributed by atoms with van der Waals surface area (Å²) >= 11 is 0. The molecule has 0 saturated carbocycles. The molecule has 1 saturated heterocycles. The van der Waals surface area contributed by atoms with Crippen LogP contribution < -0.4 is 5.32 Å². The average Bonchev–Trinajstić information content (AvgIpc) is 3.02. The van der Waals surface area contributed by atoms with Crippen LogP contribution in [0.5, 0.6) is 0 Å². The molecule has 1 aliphatic rings. The predicted molar refractivity (Wildman–Crippen MR) is 176 cm³/mol. The topological polar surface area (TPSA) is 78.4 Å². The molecule has 6 heteroatoms. The molecule has 6 nitrogen and oxygen atoms in total. The summed E-state index contributed by atoms with van der Waals surface area (Å²) < 4.78 is 0. The first-order valence-electron chi connectivity index (χ1n) is 15.9. The Labute approximate surface area is 262 Å². The van der Waals surface area contributed by atoms with Crippen molar-refractivity contribution in [1.29, 1.82) is 0 Å². The number of hydrogen-bond donors (Lipinski definition) is 2. The summed E-state index contributed by atoms with van der Waals surface area (Å²) in [6, 6.07) is 20.9. The maximum Gasteiger partial charge on any atom is 0.227 e. The third-order valence-electron chi connectivity index (χ3n) is 9.09. The van der Waals surface area contributed by atoms with Gasteiger partial charge in [0.1, 0.15) is 0 Å². The fraction of sp³-hybridized carbons (Fsp3) is 0.395. The number of hydrogen-bond acceptors (Lipinski definition) is 5. The molecular formula is C38H46N4O2. The largest absolute Gasteiger partial charge is 0.392 e. The normalized spacial score (nSPS) is 17.8. The van der Waals surface area contributed by atoms with E-state index in [2.05, 4.69) is 62.2 Å². The third-order valence-corrected chi connectivity index (χ3v) is 9.09. The van der Waals surface area contributed by atoms with Gasteiger partial charge >= 0.3 is 0 Å². The van der Waals surface area contributed by atoms with E-state index in [0.717, 1.165) is 59.3 Å². The Morgan fingerprint density at radius 1 is 0.886 bits per heavy atom. The van der Waals surface area contributed by atoms with Crippen molar-refractivity contribution < 1.29 is 9.90 Å². The number of rotatable bonds is 10. The summed E-state index contributed by atoms with van der Waals surface area (Å²) in [6.45, 7) is 11.6. The van der Waals surface area contributed by atoms with Gasteiger partial charge in [-0.15, -0.1) is 0 Å². The molecule has 230 valence electrons. The molecule has 3 heterocycles. The lowest BCUT2D eigenvalue weighted by atomic mass is 9.87.